The van der Waals surface area contributed by atoms with Gasteiger partial charge in [0.15, 0.2) is 0 Å². The molecule has 1 aromatic rings. The summed E-state index contributed by atoms with van der Waals surface area (Å²) in [5, 5.41) is 32.7. The van der Waals surface area contributed by atoms with Gasteiger partial charge in [-0.1, -0.05) is 38.1 Å². The third kappa shape index (κ3) is 16.8. The predicted octanol–water partition coefficient (Wildman–Crippen LogP) is 0.191. The molecule has 286 valence electrons. The van der Waals surface area contributed by atoms with E-state index in [-0.39, 0.29) is 42.9 Å². The van der Waals surface area contributed by atoms with Crippen molar-refractivity contribution in [2.45, 2.75) is 115 Å². The largest absolute Gasteiger partial charge is 0.508 e. The predicted molar refractivity (Wildman–Crippen MR) is 193 cm³/mol. The molecule has 0 radical (unpaired) electrons. The Balaban J connectivity index is 3.37. The summed E-state index contributed by atoms with van der Waals surface area (Å²) in [4.78, 5) is 78.8. The van der Waals surface area contributed by atoms with Crippen LogP contribution >= 0.6 is 0 Å². The number of nitrogens with two attached hydrogens (primary N) is 3. The van der Waals surface area contributed by atoms with Gasteiger partial charge in [-0.3, -0.25) is 24.0 Å². The lowest BCUT2D eigenvalue weighted by Crippen LogP contribution is -2.58. The van der Waals surface area contributed by atoms with Crippen molar-refractivity contribution in [2.75, 3.05) is 13.1 Å². The first kappa shape index (κ1) is 44.5. The smallest absolute Gasteiger partial charge is 0.326 e. The third-order valence-corrected chi connectivity index (χ3v) is 7.91. The van der Waals surface area contributed by atoms with Crippen LogP contribution in [0.5, 0.6) is 5.75 Å². The number of carboxylic acids is 1. The fraction of sp³-hybridized carbons (Fsp3) is 0.600. The molecule has 0 aliphatic rings. The van der Waals surface area contributed by atoms with Crippen molar-refractivity contribution >= 4 is 35.5 Å². The molecule has 5 amide bonds. The fourth-order valence-electron chi connectivity index (χ4n) is 5.03. The molecule has 0 saturated heterocycles. The number of aromatic hydroxyl groups is 1. The van der Waals surface area contributed by atoms with Crippen LogP contribution in [0.15, 0.2) is 36.4 Å². The first-order chi connectivity index (χ1) is 24.1. The molecule has 16 nitrogen and oxygen atoms in total. The van der Waals surface area contributed by atoms with Crippen molar-refractivity contribution in [1.29, 1.82) is 0 Å². The Morgan fingerprint density at radius 3 is 1.61 bits per heavy atom. The summed E-state index contributed by atoms with van der Waals surface area (Å²) < 4.78 is 0. The van der Waals surface area contributed by atoms with Crippen molar-refractivity contribution in [2.24, 2.45) is 23.1 Å². The minimum atomic E-state index is -1.39. The molecule has 6 atom stereocenters. The summed E-state index contributed by atoms with van der Waals surface area (Å²) in [6.45, 7) is 7.56. The summed E-state index contributed by atoms with van der Waals surface area (Å²) in [7, 11) is 0. The average Bonchev–Trinajstić information content (AvgIpc) is 3.07. The van der Waals surface area contributed by atoms with Gasteiger partial charge in [0.2, 0.25) is 29.5 Å². The van der Waals surface area contributed by atoms with Gasteiger partial charge in [-0.25, -0.2) is 4.79 Å². The van der Waals surface area contributed by atoms with Crippen molar-refractivity contribution < 1.29 is 39.0 Å². The number of carboxylic acid groups (broad SMARTS) is 1. The zero-order valence-corrected chi connectivity index (χ0v) is 30.2. The number of hydrogen-bond donors (Lipinski definition) is 10. The molecule has 0 saturated carbocycles. The SMILES string of the molecule is C/C=C/C[C@H](NC(=O)[C@H](CCCCN)NC(=O)[C@H](CCCCN)NC(=O)[C@H](C)N)C(=O)N[C@H](C(=O)N[C@@H](CC(C)C)C(=O)O)c1ccc(O)cc1. The lowest BCUT2D eigenvalue weighted by atomic mass is 10.0. The van der Waals surface area contributed by atoms with Gasteiger partial charge < -0.3 is 54.0 Å². The van der Waals surface area contributed by atoms with E-state index in [1.54, 1.807) is 32.9 Å². The maximum absolute atomic E-state index is 13.8. The molecule has 16 heteroatoms. The van der Waals surface area contributed by atoms with Crippen LogP contribution in [-0.4, -0.2) is 89.0 Å². The molecule has 1 rings (SSSR count). The monoisotopic (exact) mass is 718 g/mol. The highest BCUT2D eigenvalue weighted by molar-refractivity contribution is 5.96. The van der Waals surface area contributed by atoms with Crippen LogP contribution in [0.4, 0.5) is 0 Å². The maximum Gasteiger partial charge on any atom is 0.326 e. The number of carbonyl (C=O) groups is 6. The summed E-state index contributed by atoms with van der Waals surface area (Å²) in [5.74, 6) is -4.80. The summed E-state index contributed by atoms with van der Waals surface area (Å²) >= 11 is 0. The number of hydrogen-bond acceptors (Lipinski definition) is 10. The quantitative estimate of drug-likeness (QED) is 0.0509. The highest BCUT2D eigenvalue weighted by Crippen LogP contribution is 2.19. The van der Waals surface area contributed by atoms with E-state index in [0.717, 1.165) is 0 Å². The second-order valence-electron chi connectivity index (χ2n) is 12.9. The highest BCUT2D eigenvalue weighted by Gasteiger charge is 2.33. The lowest BCUT2D eigenvalue weighted by Gasteiger charge is -2.27. The van der Waals surface area contributed by atoms with Gasteiger partial charge >= 0.3 is 5.97 Å². The van der Waals surface area contributed by atoms with Crippen LogP contribution in [0.25, 0.3) is 0 Å². The van der Waals surface area contributed by atoms with Crippen molar-refractivity contribution in [1.82, 2.24) is 26.6 Å². The molecule has 0 bridgehead atoms. The van der Waals surface area contributed by atoms with Gasteiger partial charge in [0.1, 0.15) is 36.0 Å². The standard InChI is InChI=1S/C35H58N8O8/c1-5-6-11-25(33(48)43-29(23-14-16-24(44)17-15-23)34(49)42-28(35(50)51)20-21(2)3)40-32(47)27(13-8-10-19-37)41-31(46)26(12-7-9-18-36)39-30(45)22(4)38/h5-6,14-17,21-22,25-29,44H,7-13,18-20,36-38H2,1-4H3,(H,39,45)(H,40,47)(H,41,46)(H,42,49)(H,43,48)(H,50,51)/b6-5+/t22-,25-,26-,27-,28-,29-/m0/s1. The number of amides is 5. The van der Waals surface area contributed by atoms with Crippen LogP contribution in [0.3, 0.4) is 0 Å². The molecule has 0 fully saturated rings. The third-order valence-electron chi connectivity index (χ3n) is 7.91. The van der Waals surface area contributed by atoms with E-state index in [4.69, 9.17) is 17.2 Å². The minimum absolute atomic E-state index is 0.0126. The lowest BCUT2D eigenvalue weighted by molar-refractivity contribution is -0.143. The number of aliphatic carboxylic acids is 1. The molecule has 0 heterocycles. The molecule has 1 aromatic carbocycles. The Bertz CT molecular complexity index is 1300. The molecule has 0 unspecified atom stereocenters. The summed E-state index contributed by atoms with van der Waals surface area (Å²) in [6.07, 6.45) is 6.06. The number of phenols is 1. The number of unbranched alkanes of at least 4 members (excludes halogenated alkanes) is 2. The zero-order valence-electron chi connectivity index (χ0n) is 30.2. The Labute approximate surface area is 300 Å². The van der Waals surface area contributed by atoms with Gasteiger partial charge in [0, 0.05) is 0 Å². The van der Waals surface area contributed by atoms with E-state index in [1.165, 1.54) is 31.2 Å². The number of carbonyl (C=O) groups excluding carboxylic acids is 5. The first-order valence-corrected chi connectivity index (χ1v) is 17.4. The molecular weight excluding hydrogens is 660 g/mol. The van der Waals surface area contributed by atoms with Crippen LogP contribution in [0.2, 0.25) is 0 Å². The fourth-order valence-corrected chi connectivity index (χ4v) is 5.03. The second-order valence-corrected chi connectivity index (χ2v) is 12.9. The van der Waals surface area contributed by atoms with Gasteiger partial charge in [-0.05, 0) is 102 Å². The molecule has 13 N–H and O–H groups in total. The van der Waals surface area contributed by atoms with Crippen molar-refractivity contribution in [3.63, 3.8) is 0 Å². The van der Waals surface area contributed by atoms with E-state index in [2.05, 4.69) is 26.6 Å². The zero-order chi connectivity index (χ0) is 38.5. The highest BCUT2D eigenvalue weighted by atomic mass is 16.4. The van der Waals surface area contributed by atoms with E-state index in [9.17, 15) is 39.0 Å². The van der Waals surface area contributed by atoms with Gasteiger partial charge in [-0.2, -0.15) is 0 Å². The van der Waals surface area contributed by atoms with E-state index in [0.29, 0.717) is 38.8 Å². The molecule has 0 aliphatic heterocycles. The number of nitrogens with one attached hydrogen (secondary N) is 5. The second kappa shape index (κ2) is 23.8. The van der Waals surface area contributed by atoms with E-state index < -0.39 is 71.8 Å². The number of allylic oxidation sites excluding steroid dienone is 1. The Morgan fingerprint density at radius 2 is 1.16 bits per heavy atom. The molecule has 0 aromatic heterocycles. The summed E-state index contributed by atoms with van der Waals surface area (Å²) in [6, 6.07) is -1.36. The normalized spacial score (nSPS) is 14.8. The maximum atomic E-state index is 13.8. The van der Waals surface area contributed by atoms with Crippen LogP contribution < -0.4 is 43.8 Å². The number of benzene rings is 1. The topological polar surface area (TPSA) is 281 Å². The summed E-state index contributed by atoms with van der Waals surface area (Å²) in [5.41, 5.74) is 17.2. The first-order valence-electron chi connectivity index (χ1n) is 17.4. The Kier molecular flexibility index (Phi) is 20.7. The Hall–Kier alpha value is -4.54. The Morgan fingerprint density at radius 1 is 0.686 bits per heavy atom. The molecule has 0 spiro atoms. The van der Waals surface area contributed by atoms with Crippen LogP contribution in [0.1, 0.15) is 90.7 Å². The van der Waals surface area contributed by atoms with Crippen LogP contribution in [-0.2, 0) is 28.8 Å². The number of phenolic OH excluding ortho intramolecular Hbond substituents is 1. The average molecular weight is 719 g/mol. The molecule has 51 heavy (non-hydrogen) atoms. The number of rotatable bonds is 24. The van der Waals surface area contributed by atoms with Gasteiger partial charge in [0.05, 0.1) is 6.04 Å². The molecular formula is C35H58N8O8. The van der Waals surface area contributed by atoms with E-state index >= 15 is 0 Å². The van der Waals surface area contributed by atoms with Gasteiger partial charge in [-0.15, -0.1) is 0 Å². The molecule has 0 aliphatic carbocycles. The van der Waals surface area contributed by atoms with Crippen LogP contribution in [0, 0.1) is 5.92 Å². The minimum Gasteiger partial charge on any atom is -0.508 e. The van der Waals surface area contributed by atoms with Crippen molar-refractivity contribution in [3.8, 4) is 5.75 Å². The van der Waals surface area contributed by atoms with Crippen molar-refractivity contribution in [3.05, 3.63) is 42.0 Å². The van der Waals surface area contributed by atoms with E-state index in [1.807, 2.05) is 0 Å². The van der Waals surface area contributed by atoms with Gasteiger partial charge in [0.25, 0.3) is 0 Å².